The van der Waals surface area contributed by atoms with E-state index in [-0.39, 0.29) is 10.5 Å². The van der Waals surface area contributed by atoms with Gasteiger partial charge in [0.15, 0.2) is 0 Å². The van der Waals surface area contributed by atoms with Crippen molar-refractivity contribution < 1.29 is 58.5 Å². The molecule has 0 bridgehead atoms. The number of rotatable bonds is 17. The van der Waals surface area contributed by atoms with E-state index in [9.17, 15) is 0 Å². The topological polar surface area (TPSA) is 129 Å². The van der Waals surface area contributed by atoms with Crippen molar-refractivity contribution in [1.82, 2.24) is 0 Å². The Bertz CT molecular complexity index is 360. The van der Waals surface area contributed by atoms with Gasteiger partial charge in [-0.25, -0.2) is 9.15 Å². The Labute approximate surface area is 198 Å². The highest BCUT2D eigenvalue weighted by Gasteiger charge is 2.65. The van der Waals surface area contributed by atoms with Crippen molar-refractivity contribution >= 4 is 141 Å². The van der Waals surface area contributed by atoms with Crippen LogP contribution in [0.25, 0.3) is 0 Å². The standard InChI is InChI=1S/H30O14Si14/c15-3-25(4-16,5-17)1-2-26(6-18,13-27(7-19,8-20)9-21)14-28(10-22,11-23)12-24/h15-24H3. The summed E-state index contributed by atoms with van der Waals surface area (Å²) in [6.45, 7) is 0. The van der Waals surface area contributed by atoms with Gasteiger partial charge in [0.1, 0.15) is 105 Å². The maximum absolute atomic E-state index is 6.00. The minimum absolute atomic E-state index is 0.159. The lowest BCUT2D eigenvalue weighted by Gasteiger charge is -2.38. The van der Waals surface area contributed by atoms with Gasteiger partial charge in [0, 0.05) is 0 Å². The first-order valence-electron chi connectivity index (χ1n) is 7.52. The quantitative estimate of drug-likeness (QED) is 0.0842. The highest BCUT2D eigenvalue weighted by atomic mass is 28.6. The molecule has 0 N–H and O–H groups in total. The van der Waals surface area contributed by atoms with E-state index in [0.717, 1.165) is 0 Å². The summed E-state index contributed by atoms with van der Waals surface area (Å²) >= 11 is 0. The van der Waals surface area contributed by atoms with Crippen LogP contribution < -0.4 is 0 Å². The van der Waals surface area contributed by atoms with Gasteiger partial charge < -0.3 is 49.4 Å². The average Bonchev–Trinajstić information content (AvgIpc) is 2.77. The van der Waals surface area contributed by atoms with E-state index in [2.05, 4.69) is 0 Å². The molecule has 0 fully saturated rings. The second-order valence-corrected chi connectivity index (χ2v) is 26.7. The van der Waals surface area contributed by atoms with E-state index in [1.165, 1.54) is 0 Å². The molecule has 0 heterocycles. The molecule has 0 aromatic rings. The van der Waals surface area contributed by atoms with Crippen LogP contribution in [0.5, 0.6) is 0 Å². The van der Waals surface area contributed by atoms with Crippen LogP contribution in [0.4, 0.5) is 0 Å². The van der Waals surface area contributed by atoms with Gasteiger partial charge in [0.2, 0.25) is 0 Å². The Balaban J connectivity index is 6.02. The zero-order valence-electron chi connectivity index (χ0n) is 17.7. The predicted octanol–water partition coefficient (Wildman–Crippen LogP) is -14.3. The van der Waals surface area contributed by atoms with Crippen LogP contribution in [0.3, 0.4) is 0 Å². The van der Waals surface area contributed by atoms with Crippen molar-refractivity contribution in [2.24, 2.45) is 0 Å². The molecule has 14 nitrogen and oxygen atoms in total. The molecule has 0 aliphatic heterocycles. The van der Waals surface area contributed by atoms with Crippen LogP contribution in [0.15, 0.2) is 0 Å². The summed E-state index contributed by atoms with van der Waals surface area (Å²) in [6.07, 6.45) is 0. The Kier molecular flexibility index (Phi) is 15.9. The number of hydrogen-bond donors (Lipinski definition) is 0. The summed E-state index contributed by atoms with van der Waals surface area (Å²) in [7, 11) is -11.7. The van der Waals surface area contributed by atoms with Gasteiger partial charge in [-0.15, -0.1) is 0 Å². The maximum atomic E-state index is 6.00. The van der Waals surface area contributed by atoms with Gasteiger partial charge in [-0.3, -0.25) is 0 Å². The fraction of sp³-hybridized carbons (Fsp3) is 0. The molecule has 28 heavy (non-hydrogen) atoms. The average molecular weight is 647 g/mol. The monoisotopic (exact) mass is 646 g/mol. The zero-order valence-corrected chi connectivity index (χ0v) is 41.7. The molecular formula is H30O14Si14. The van der Waals surface area contributed by atoms with Crippen LogP contribution in [0.1, 0.15) is 0 Å². The van der Waals surface area contributed by atoms with Crippen molar-refractivity contribution in [2.45, 2.75) is 0 Å². The Morgan fingerprint density at radius 2 is 0.500 bits per heavy atom. The molecule has 170 valence electrons. The normalized spacial score (nSPS) is 21.9. The van der Waals surface area contributed by atoms with Crippen molar-refractivity contribution in [3.05, 3.63) is 0 Å². The van der Waals surface area contributed by atoms with E-state index in [0.29, 0.717) is 94.4 Å². The molecule has 0 aliphatic rings. The fourth-order valence-electron chi connectivity index (χ4n) is 1.68. The Morgan fingerprint density at radius 1 is 0.286 bits per heavy atom. The van der Waals surface area contributed by atoms with Crippen LogP contribution in [0, 0.1) is 0 Å². The molecule has 0 rings (SSSR count). The molecule has 0 aromatic heterocycles. The summed E-state index contributed by atoms with van der Waals surface area (Å²) in [4.78, 5) is 0. The SMILES string of the molecule is [SiH3]O[Si](O[SiH3])(O[SiH3])OO[Si](O[SiH3])(O[Si](O[SiH3])(O[SiH3])O[SiH3])O[Si](O[SiH3])(O[SiH3])O[SiH3]. The van der Waals surface area contributed by atoms with E-state index >= 15 is 0 Å². The molecule has 0 atom stereocenters. The molecule has 0 amide bonds. The molecular weight excluding hydrogens is 617 g/mol. The molecule has 0 unspecified atom stereocenters. The van der Waals surface area contributed by atoms with Gasteiger partial charge in [0.05, 0.1) is 0 Å². The van der Waals surface area contributed by atoms with Crippen molar-refractivity contribution in [2.75, 3.05) is 0 Å². The minimum Gasteiger partial charge on any atom is -0.404 e. The van der Waals surface area contributed by atoms with E-state index in [4.69, 9.17) is 58.5 Å². The summed E-state index contributed by atoms with van der Waals surface area (Å²) in [5.74, 6) is 0. The summed E-state index contributed by atoms with van der Waals surface area (Å²) in [5, 5.41) is 0. The van der Waals surface area contributed by atoms with Crippen molar-refractivity contribution in [1.29, 1.82) is 0 Å². The van der Waals surface area contributed by atoms with Crippen LogP contribution in [-0.2, 0) is 58.5 Å². The van der Waals surface area contributed by atoms with Crippen molar-refractivity contribution in [3.8, 4) is 0 Å². The summed E-state index contributed by atoms with van der Waals surface area (Å²) in [6, 6.07) is 0. The molecule has 0 saturated carbocycles. The lowest BCUT2D eigenvalue weighted by Crippen LogP contribution is -2.67. The lowest BCUT2D eigenvalue weighted by atomic mass is 14.9. The Morgan fingerprint density at radius 3 is 0.714 bits per heavy atom. The summed E-state index contributed by atoms with van der Waals surface area (Å²) < 4.78 is 77.9. The first kappa shape index (κ1) is 30.5. The number of hydrogen-bond acceptors (Lipinski definition) is 14. The molecule has 0 aliphatic carbocycles. The highest BCUT2D eigenvalue weighted by Crippen LogP contribution is 2.25. The van der Waals surface area contributed by atoms with Gasteiger partial charge in [-0.05, 0) is 0 Å². The van der Waals surface area contributed by atoms with E-state index in [1.54, 1.807) is 0 Å². The smallest absolute Gasteiger partial charge is 0.404 e. The lowest BCUT2D eigenvalue weighted by molar-refractivity contribution is -0.224. The Hall–Kier alpha value is 2.48. The fourth-order valence-corrected chi connectivity index (χ4v) is 35.0. The van der Waals surface area contributed by atoms with Gasteiger partial charge in [-0.2, -0.15) is 0 Å². The van der Waals surface area contributed by atoms with Gasteiger partial charge >= 0.3 is 36.2 Å². The molecule has 0 aromatic carbocycles. The zero-order chi connectivity index (χ0) is 21.9. The largest absolute Gasteiger partial charge is 0.684 e. The van der Waals surface area contributed by atoms with Gasteiger partial charge in [-0.1, -0.05) is 0 Å². The maximum Gasteiger partial charge on any atom is 0.684 e. The molecule has 0 radical (unpaired) electrons. The second-order valence-electron chi connectivity index (χ2n) is 4.41. The van der Waals surface area contributed by atoms with Crippen LogP contribution in [0.2, 0.25) is 0 Å². The van der Waals surface area contributed by atoms with Gasteiger partial charge in [0.25, 0.3) is 0 Å². The predicted molar refractivity (Wildman–Crippen MR) is 138 cm³/mol. The minimum atomic E-state index is -4.14. The third kappa shape index (κ3) is 8.11. The summed E-state index contributed by atoms with van der Waals surface area (Å²) in [5.41, 5.74) is 0. The molecule has 0 saturated heterocycles. The van der Waals surface area contributed by atoms with E-state index in [1.807, 2.05) is 0 Å². The first-order chi connectivity index (χ1) is 13.2. The van der Waals surface area contributed by atoms with Crippen LogP contribution >= 0.6 is 0 Å². The van der Waals surface area contributed by atoms with Crippen LogP contribution in [-0.4, -0.2) is 141 Å². The molecule has 28 heteroatoms. The third-order valence-electron chi connectivity index (χ3n) is 3.25. The first-order valence-corrected chi connectivity index (χ1v) is 22.2. The third-order valence-corrected chi connectivity index (χ3v) is 28.0. The van der Waals surface area contributed by atoms with Crippen molar-refractivity contribution in [3.63, 3.8) is 0 Å². The second kappa shape index (κ2) is 14.6. The highest BCUT2D eigenvalue weighted by molar-refractivity contribution is 6.79. The molecule has 0 spiro atoms. The van der Waals surface area contributed by atoms with E-state index < -0.39 is 36.2 Å².